The van der Waals surface area contributed by atoms with Gasteiger partial charge < -0.3 is 0 Å². The molecule has 2 rings (SSSR count). The topological polar surface area (TPSA) is 0 Å². The van der Waals surface area contributed by atoms with Crippen LogP contribution in [0.5, 0.6) is 0 Å². The highest BCUT2D eigenvalue weighted by Gasteiger charge is 2.09. The molecule has 0 bridgehead atoms. The Kier molecular flexibility index (Phi) is 3.11. The van der Waals surface area contributed by atoms with E-state index in [0.717, 1.165) is 0 Å². The van der Waals surface area contributed by atoms with Crippen molar-refractivity contribution in [2.75, 3.05) is 0 Å². The van der Waals surface area contributed by atoms with Crippen LogP contribution >= 0.6 is 11.3 Å². The summed E-state index contributed by atoms with van der Waals surface area (Å²) < 4.78 is 1.46. The predicted molar refractivity (Wildman–Crippen MR) is 69.9 cm³/mol. The zero-order valence-corrected chi connectivity index (χ0v) is 10.6. The third-order valence-electron chi connectivity index (χ3n) is 2.85. The molecule has 0 radical (unpaired) electrons. The van der Waals surface area contributed by atoms with Crippen molar-refractivity contribution in [1.82, 2.24) is 0 Å². The molecule has 0 atom stereocenters. The Morgan fingerprint density at radius 2 is 2.00 bits per heavy atom. The summed E-state index contributed by atoms with van der Waals surface area (Å²) in [5.74, 6) is 0. The molecule has 0 saturated heterocycles. The predicted octanol–water partition coefficient (Wildman–Crippen LogP) is 4.72. The van der Waals surface area contributed by atoms with Gasteiger partial charge in [0.15, 0.2) is 0 Å². The molecule has 0 aliphatic rings. The molecule has 0 nitrogen and oxygen atoms in total. The third kappa shape index (κ3) is 1.93. The molecule has 1 heteroatoms. The smallest absolute Gasteiger partial charge is 0.0348 e. The van der Waals surface area contributed by atoms with Crippen LogP contribution in [0.3, 0.4) is 0 Å². The maximum absolute atomic E-state index is 2.34. The van der Waals surface area contributed by atoms with Crippen molar-refractivity contribution in [2.24, 2.45) is 0 Å². The van der Waals surface area contributed by atoms with Gasteiger partial charge in [0.1, 0.15) is 0 Å². The van der Waals surface area contributed by atoms with Crippen molar-refractivity contribution in [3.8, 4) is 0 Å². The van der Waals surface area contributed by atoms with Gasteiger partial charge in [-0.25, -0.2) is 0 Å². The maximum atomic E-state index is 2.34. The Hall–Kier alpha value is -0.820. The second-order valence-electron chi connectivity index (χ2n) is 4.11. The summed E-state index contributed by atoms with van der Waals surface area (Å²) in [5.41, 5.74) is 2.98. The van der Waals surface area contributed by atoms with Crippen LogP contribution < -0.4 is 0 Å². The first-order valence-corrected chi connectivity index (χ1v) is 6.58. The first-order valence-electron chi connectivity index (χ1n) is 5.77. The van der Waals surface area contributed by atoms with Crippen LogP contribution in [-0.2, 0) is 12.8 Å². The third-order valence-corrected chi connectivity index (χ3v) is 4.21. The highest BCUT2D eigenvalue weighted by Crippen LogP contribution is 2.33. The molecule has 2 aromatic rings. The van der Waals surface area contributed by atoms with Crippen LogP contribution in [-0.4, -0.2) is 0 Å². The molecular weight excluding hydrogens is 200 g/mol. The van der Waals surface area contributed by atoms with Gasteiger partial charge in [0.2, 0.25) is 0 Å². The first-order chi connectivity index (χ1) is 7.26. The fourth-order valence-corrected chi connectivity index (χ4v) is 3.30. The van der Waals surface area contributed by atoms with Crippen molar-refractivity contribution in [1.29, 1.82) is 0 Å². The van der Waals surface area contributed by atoms with E-state index in [1.165, 1.54) is 34.9 Å². The van der Waals surface area contributed by atoms with Gasteiger partial charge in [-0.2, -0.15) is 0 Å². The number of benzene rings is 1. The summed E-state index contributed by atoms with van der Waals surface area (Å²) >= 11 is 1.97. The van der Waals surface area contributed by atoms with Crippen LogP contribution in [0.15, 0.2) is 18.2 Å². The van der Waals surface area contributed by atoms with E-state index in [0.29, 0.717) is 0 Å². The van der Waals surface area contributed by atoms with Gasteiger partial charge in [-0.1, -0.05) is 38.0 Å². The Morgan fingerprint density at radius 3 is 2.67 bits per heavy atom. The van der Waals surface area contributed by atoms with Crippen molar-refractivity contribution >= 4 is 21.4 Å². The Morgan fingerprint density at radius 1 is 1.20 bits per heavy atom. The van der Waals surface area contributed by atoms with Crippen molar-refractivity contribution in [3.63, 3.8) is 0 Å². The Bertz CT molecular complexity index is 465. The van der Waals surface area contributed by atoms with E-state index in [1.807, 2.05) is 11.3 Å². The summed E-state index contributed by atoms with van der Waals surface area (Å²) in [6.45, 7) is 6.70. The molecule has 1 aromatic carbocycles. The number of aryl methyl sites for hydroxylation is 3. The number of thiophene rings is 1. The molecule has 80 valence electrons. The van der Waals surface area contributed by atoms with Gasteiger partial charge in [0.05, 0.1) is 0 Å². The molecule has 0 aliphatic heterocycles. The van der Waals surface area contributed by atoms with E-state index in [1.54, 1.807) is 10.4 Å². The lowest BCUT2D eigenvalue weighted by molar-refractivity contribution is 0.917. The lowest BCUT2D eigenvalue weighted by atomic mass is 10.0. The molecule has 0 N–H and O–H groups in total. The van der Waals surface area contributed by atoms with Gasteiger partial charge in [0.25, 0.3) is 0 Å². The first kappa shape index (κ1) is 10.7. The van der Waals surface area contributed by atoms with E-state index in [-0.39, 0.29) is 0 Å². The quantitative estimate of drug-likeness (QED) is 0.699. The Balaban J connectivity index is 2.65. The molecule has 1 aromatic heterocycles. The summed E-state index contributed by atoms with van der Waals surface area (Å²) in [5, 5.41) is 1.50. The van der Waals surface area contributed by atoms with E-state index in [9.17, 15) is 0 Å². The maximum Gasteiger partial charge on any atom is 0.0348 e. The number of hydrogen-bond acceptors (Lipinski definition) is 1. The minimum absolute atomic E-state index is 1.17. The minimum Gasteiger partial charge on any atom is -0.140 e. The van der Waals surface area contributed by atoms with Crippen molar-refractivity contribution in [2.45, 2.75) is 40.0 Å². The second kappa shape index (κ2) is 4.36. The van der Waals surface area contributed by atoms with Crippen LogP contribution in [0.1, 0.15) is 36.3 Å². The normalized spacial score (nSPS) is 11.1. The van der Waals surface area contributed by atoms with E-state index in [4.69, 9.17) is 0 Å². The van der Waals surface area contributed by atoms with Crippen LogP contribution in [0.25, 0.3) is 10.1 Å². The van der Waals surface area contributed by atoms with Crippen LogP contribution in [0, 0.1) is 6.92 Å². The molecule has 0 fully saturated rings. The molecule has 0 unspecified atom stereocenters. The summed E-state index contributed by atoms with van der Waals surface area (Å²) in [4.78, 5) is 1.58. The highest BCUT2D eigenvalue weighted by atomic mass is 32.1. The largest absolute Gasteiger partial charge is 0.140 e. The Labute approximate surface area is 95.9 Å². The van der Waals surface area contributed by atoms with Gasteiger partial charge in [0, 0.05) is 9.58 Å². The average molecular weight is 218 g/mol. The van der Waals surface area contributed by atoms with Gasteiger partial charge in [-0.15, -0.1) is 11.3 Å². The molecule has 0 spiro atoms. The van der Waals surface area contributed by atoms with Crippen LogP contribution in [0.4, 0.5) is 0 Å². The molecule has 0 aliphatic carbocycles. The summed E-state index contributed by atoms with van der Waals surface area (Å²) in [7, 11) is 0. The molecule has 0 saturated carbocycles. The van der Waals surface area contributed by atoms with Crippen molar-refractivity contribution < 1.29 is 0 Å². The van der Waals surface area contributed by atoms with E-state index in [2.05, 4.69) is 39.0 Å². The van der Waals surface area contributed by atoms with E-state index < -0.39 is 0 Å². The number of rotatable bonds is 3. The zero-order chi connectivity index (χ0) is 10.8. The monoisotopic (exact) mass is 218 g/mol. The zero-order valence-electron chi connectivity index (χ0n) is 9.76. The minimum atomic E-state index is 1.17. The average Bonchev–Trinajstić information content (AvgIpc) is 2.57. The summed E-state index contributed by atoms with van der Waals surface area (Å²) in [6.07, 6.45) is 3.65. The molecule has 15 heavy (non-hydrogen) atoms. The van der Waals surface area contributed by atoms with Crippen LogP contribution in [0.2, 0.25) is 0 Å². The van der Waals surface area contributed by atoms with Gasteiger partial charge in [-0.3, -0.25) is 0 Å². The van der Waals surface area contributed by atoms with Gasteiger partial charge >= 0.3 is 0 Å². The standard InChI is InChI=1S/C14H18S/c1-4-6-11-12-9-10(3)7-8-14(12)15-13(11)5-2/h7-9H,4-6H2,1-3H3. The van der Waals surface area contributed by atoms with E-state index >= 15 is 0 Å². The fourth-order valence-electron chi connectivity index (χ4n) is 2.12. The van der Waals surface area contributed by atoms with Crippen molar-refractivity contribution in [3.05, 3.63) is 34.2 Å². The van der Waals surface area contributed by atoms with Gasteiger partial charge in [-0.05, 0) is 36.8 Å². The highest BCUT2D eigenvalue weighted by molar-refractivity contribution is 7.19. The second-order valence-corrected chi connectivity index (χ2v) is 5.24. The molecule has 0 amide bonds. The fraction of sp³-hybridized carbons (Fsp3) is 0.429. The SMILES string of the molecule is CCCc1c(CC)sc2ccc(C)cc12. The molecule has 1 heterocycles. The summed E-state index contributed by atoms with van der Waals surface area (Å²) in [6, 6.07) is 6.83. The lowest BCUT2D eigenvalue weighted by Crippen LogP contribution is -1.86. The lowest BCUT2D eigenvalue weighted by Gasteiger charge is -2.00. The number of hydrogen-bond donors (Lipinski definition) is 0. The number of fused-ring (bicyclic) bond motifs is 1. The molecular formula is C14H18S.